The standard InChI is InChI=1S/C18H26N2O4/c1-14(21)20(11-9-15-5-7-16(23-2)8-6-15)12-10-19-18(22)17-4-3-13-24-17/h5-8,17H,3-4,9-13H2,1-2H3,(H,19,22). The fourth-order valence-electron chi connectivity index (χ4n) is 2.70. The maximum absolute atomic E-state index is 11.9. The SMILES string of the molecule is COc1ccc(CCN(CCNC(=O)C2CCCO2)C(C)=O)cc1. The molecule has 6 nitrogen and oxygen atoms in total. The van der Waals surface area contributed by atoms with Crippen LogP contribution in [0.3, 0.4) is 0 Å². The normalized spacial score (nSPS) is 16.7. The zero-order valence-corrected chi connectivity index (χ0v) is 14.4. The third-order valence-electron chi connectivity index (χ3n) is 4.18. The second kappa shape index (κ2) is 9.27. The first-order valence-corrected chi connectivity index (χ1v) is 8.38. The molecule has 1 aliphatic heterocycles. The minimum atomic E-state index is -0.324. The van der Waals surface area contributed by atoms with Crippen molar-refractivity contribution >= 4 is 11.8 Å². The van der Waals surface area contributed by atoms with Gasteiger partial charge in [-0.3, -0.25) is 9.59 Å². The number of hydrogen-bond acceptors (Lipinski definition) is 4. The van der Waals surface area contributed by atoms with Crippen LogP contribution in [0.4, 0.5) is 0 Å². The van der Waals surface area contributed by atoms with E-state index in [2.05, 4.69) is 5.32 Å². The quantitative estimate of drug-likeness (QED) is 0.780. The van der Waals surface area contributed by atoms with E-state index in [4.69, 9.17) is 9.47 Å². The van der Waals surface area contributed by atoms with E-state index in [-0.39, 0.29) is 17.9 Å². The van der Waals surface area contributed by atoms with Gasteiger partial charge in [-0.15, -0.1) is 0 Å². The van der Waals surface area contributed by atoms with Gasteiger partial charge in [0.1, 0.15) is 11.9 Å². The summed E-state index contributed by atoms with van der Waals surface area (Å²) in [5, 5.41) is 2.85. The number of carbonyl (C=O) groups is 2. The lowest BCUT2D eigenvalue weighted by atomic mass is 10.1. The maximum atomic E-state index is 11.9. The van der Waals surface area contributed by atoms with Crippen molar-refractivity contribution in [2.24, 2.45) is 0 Å². The van der Waals surface area contributed by atoms with Gasteiger partial charge in [-0.2, -0.15) is 0 Å². The summed E-state index contributed by atoms with van der Waals surface area (Å²) < 4.78 is 10.5. The Labute approximate surface area is 143 Å². The summed E-state index contributed by atoms with van der Waals surface area (Å²) in [5.74, 6) is 0.750. The first-order chi connectivity index (χ1) is 11.6. The number of ether oxygens (including phenoxy) is 2. The van der Waals surface area contributed by atoms with Gasteiger partial charge in [0.05, 0.1) is 7.11 Å². The molecular formula is C18H26N2O4. The van der Waals surface area contributed by atoms with Crippen LogP contribution < -0.4 is 10.1 Å². The number of amides is 2. The molecule has 1 fully saturated rings. The summed E-state index contributed by atoms with van der Waals surface area (Å²) >= 11 is 0. The molecule has 2 rings (SSSR count). The molecule has 1 aromatic rings. The molecule has 0 aliphatic carbocycles. The van der Waals surface area contributed by atoms with Gasteiger partial charge in [0.25, 0.3) is 0 Å². The summed E-state index contributed by atoms with van der Waals surface area (Å²) in [5.41, 5.74) is 1.14. The predicted octanol–water partition coefficient (Wildman–Crippen LogP) is 1.38. The summed E-state index contributed by atoms with van der Waals surface area (Å²) in [7, 11) is 1.64. The summed E-state index contributed by atoms with van der Waals surface area (Å²) in [6.45, 7) is 3.78. The molecular weight excluding hydrogens is 308 g/mol. The Bertz CT molecular complexity index is 538. The molecule has 1 heterocycles. The van der Waals surface area contributed by atoms with Gasteiger partial charge >= 0.3 is 0 Å². The topological polar surface area (TPSA) is 67.9 Å². The van der Waals surface area contributed by atoms with Gasteiger partial charge in [-0.1, -0.05) is 12.1 Å². The highest BCUT2D eigenvalue weighted by Gasteiger charge is 2.23. The van der Waals surface area contributed by atoms with Crippen molar-refractivity contribution in [1.29, 1.82) is 0 Å². The summed E-state index contributed by atoms with van der Waals surface area (Å²) in [4.78, 5) is 25.4. The molecule has 1 aliphatic rings. The Morgan fingerprint density at radius 2 is 2.04 bits per heavy atom. The van der Waals surface area contributed by atoms with Gasteiger partial charge in [0, 0.05) is 33.2 Å². The highest BCUT2D eigenvalue weighted by Crippen LogP contribution is 2.12. The molecule has 1 N–H and O–H groups in total. The predicted molar refractivity (Wildman–Crippen MR) is 90.9 cm³/mol. The highest BCUT2D eigenvalue weighted by molar-refractivity contribution is 5.81. The Balaban J connectivity index is 1.74. The van der Waals surface area contributed by atoms with E-state index in [0.717, 1.165) is 30.6 Å². The molecule has 6 heteroatoms. The average molecular weight is 334 g/mol. The highest BCUT2D eigenvalue weighted by atomic mass is 16.5. The Morgan fingerprint density at radius 1 is 1.29 bits per heavy atom. The van der Waals surface area contributed by atoms with E-state index in [1.54, 1.807) is 18.9 Å². The van der Waals surface area contributed by atoms with Crippen LogP contribution in [0.25, 0.3) is 0 Å². The Morgan fingerprint density at radius 3 is 2.62 bits per heavy atom. The van der Waals surface area contributed by atoms with E-state index >= 15 is 0 Å². The van der Waals surface area contributed by atoms with Gasteiger partial charge in [0.15, 0.2) is 0 Å². The van der Waals surface area contributed by atoms with Crippen molar-refractivity contribution in [2.45, 2.75) is 32.3 Å². The van der Waals surface area contributed by atoms with Crippen LogP contribution in [-0.2, 0) is 20.7 Å². The van der Waals surface area contributed by atoms with Crippen molar-refractivity contribution in [2.75, 3.05) is 33.4 Å². The first-order valence-electron chi connectivity index (χ1n) is 8.38. The number of carbonyl (C=O) groups excluding carboxylic acids is 2. The monoisotopic (exact) mass is 334 g/mol. The van der Waals surface area contributed by atoms with E-state index < -0.39 is 0 Å². The number of benzene rings is 1. The molecule has 0 saturated carbocycles. The molecule has 0 bridgehead atoms. The van der Waals surface area contributed by atoms with Crippen LogP contribution in [0.5, 0.6) is 5.75 Å². The summed E-state index contributed by atoms with van der Waals surface area (Å²) in [6.07, 6.45) is 2.15. The molecule has 0 radical (unpaired) electrons. The number of rotatable bonds is 8. The van der Waals surface area contributed by atoms with E-state index in [1.165, 1.54) is 0 Å². The van der Waals surface area contributed by atoms with Crippen LogP contribution in [0, 0.1) is 0 Å². The van der Waals surface area contributed by atoms with Crippen LogP contribution in [0.1, 0.15) is 25.3 Å². The van der Waals surface area contributed by atoms with Crippen molar-refractivity contribution < 1.29 is 19.1 Å². The van der Waals surface area contributed by atoms with Crippen LogP contribution in [0.2, 0.25) is 0 Å². The fourth-order valence-corrected chi connectivity index (χ4v) is 2.70. The molecule has 132 valence electrons. The van der Waals surface area contributed by atoms with Crippen LogP contribution >= 0.6 is 0 Å². The van der Waals surface area contributed by atoms with Crippen molar-refractivity contribution in [3.05, 3.63) is 29.8 Å². The first kappa shape index (κ1) is 18.3. The number of hydrogen-bond donors (Lipinski definition) is 1. The lowest BCUT2D eigenvalue weighted by Gasteiger charge is -2.22. The minimum Gasteiger partial charge on any atom is -0.497 e. The minimum absolute atomic E-state index is 0.00915. The molecule has 1 atom stereocenters. The van der Waals surface area contributed by atoms with Gasteiger partial charge in [-0.25, -0.2) is 0 Å². The van der Waals surface area contributed by atoms with E-state index in [0.29, 0.717) is 26.2 Å². The largest absolute Gasteiger partial charge is 0.497 e. The third kappa shape index (κ3) is 5.53. The third-order valence-corrected chi connectivity index (χ3v) is 4.18. The Kier molecular flexibility index (Phi) is 7.06. The van der Waals surface area contributed by atoms with Gasteiger partial charge in [-0.05, 0) is 37.0 Å². The summed E-state index contributed by atoms with van der Waals surface area (Å²) in [6, 6.07) is 7.82. The number of methoxy groups -OCH3 is 1. The average Bonchev–Trinajstić information content (AvgIpc) is 3.12. The zero-order chi connectivity index (χ0) is 17.4. The van der Waals surface area contributed by atoms with E-state index in [9.17, 15) is 9.59 Å². The second-order valence-corrected chi connectivity index (χ2v) is 5.90. The smallest absolute Gasteiger partial charge is 0.249 e. The van der Waals surface area contributed by atoms with Crippen LogP contribution in [-0.4, -0.2) is 56.2 Å². The maximum Gasteiger partial charge on any atom is 0.249 e. The van der Waals surface area contributed by atoms with Gasteiger partial charge < -0.3 is 19.7 Å². The Hall–Kier alpha value is -2.08. The van der Waals surface area contributed by atoms with Crippen molar-refractivity contribution in [3.63, 3.8) is 0 Å². The molecule has 24 heavy (non-hydrogen) atoms. The molecule has 0 spiro atoms. The molecule has 1 unspecified atom stereocenters. The number of nitrogens with one attached hydrogen (secondary N) is 1. The second-order valence-electron chi connectivity index (χ2n) is 5.90. The molecule has 0 aromatic heterocycles. The number of nitrogens with zero attached hydrogens (tertiary/aromatic N) is 1. The molecule has 1 aromatic carbocycles. The van der Waals surface area contributed by atoms with Crippen molar-refractivity contribution in [1.82, 2.24) is 10.2 Å². The molecule has 1 saturated heterocycles. The zero-order valence-electron chi connectivity index (χ0n) is 14.4. The van der Waals surface area contributed by atoms with Crippen LogP contribution in [0.15, 0.2) is 24.3 Å². The van der Waals surface area contributed by atoms with E-state index in [1.807, 2.05) is 24.3 Å². The van der Waals surface area contributed by atoms with Crippen molar-refractivity contribution in [3.8, 4) is 5.75 Å². The fraction of sp³-hybridized carbons (Fsp3) is 0.556. The molecule has 2 amide bonds. The lowest BCUT2D eigenvalue weighted by Crippen LogP contribution is -2.41. The van der Waals surface area contributed by atoms with Gasteiger partial charge in [0.2, 0.25) is 11.8 Å². The lowest BCUT2D eigenvalue weighted by molar-refractivity contribution is -0.132.